The van der Waals surface area contributed by atoms with E-state index in [1.54, 1.807) is 11.3 Å². The number of halogens is 1. The van der Waals surface area contributed by atoms with Crippen LogP contribution in [0.15, 0.2) is 22.1 Å². The van der Waals surface area contributed by atoms with Crippen LogP contribution >= 0.6 is 27.3 Å². The maximum atomic E-state index is 4.38. The van der Waals surface area contributed by atoms with E-state index < -0.39 is 0 Å². The number of rotatable bonds is 3. The molecule has 1 unspecified atom stereocenters. The molecule has 0 radical (unpaired) electrons. The van der Waals surface area contributed by atoms with Gasteiger partial charge in [0.25, 0.3) is 0 Å². The number of nitrogens with zero attached hydrogens (tertiary/aromatic N) is 2. The molecule has 1 aliphatic rings. The zero-order chi connectivity index (χ0) is 12.5. The average Bonchev–Trinajstić information content (AvgIpc) is 2.95. The molecule has 1 aliphatic carbocycles. The number of nitrogens with one attached hydrogen (secondary N) is 1. The fraction of sp³-hybridized carbons (Fsp3) is 0.462. The summed E-state index contributed by atoms with van der Waals surface area (Å²) >= 11 is 5.38. The largest absolute Gasteiger partial charge is 0.305 e. The van der Waals surface area contributed by atoms with Gasteiger partial charge in [-0.25, -0.2) is 0 Å². The Kier molecular flexibility index (Phi) is 3.54. The molecule has 2 aromatic heterocycles. The van der Waals surface area contributed by atoms with Crippen molar-refractivity contribution in [2.75, 3.05) is 0 Å². The summed E-state index contributed by atoms with van der Waals surface area (Å²) in [5.41, 5.74) is 2.78. The Balaban J connectivity index is 1.73. The molecule has 0 aromatic carbocycles. The lowest BCUT2D eigenvalue weighted by molar-refractivity contribution is 0.453. The topological polar surface area (TPSA) is 29.9 Å². The van der Waals surface area contributed by atoms with Crippen molar-refractivity contribution in [1.82, 2.24) is 15.1 Å². The van der Waals surface area contributed by atoms with E-state index in [0.29, 0.717) is 6.04 Å². The first-order chi connectivity index (χ1) is 8.75. The number of fused-ring (bicyclic) bond motifs is 1. The third-order valence-electron chi connectivity index (χ3n) is 3.58. The van der Waals surface area contributed by atoms with Gasteiger partial charge in [-0.1, -0.05) is 0 Å². The molecule has 0 fully saturated rings. The summed E-state index contributed by atoms with van der Waals surface area (Å²) in [7, 11) is 2.04. The first kappa shape index (κ1) is 12.4. The van der Waals surface area contributed by atoms with E-state index in [4.69, 9.17) is 0 Å². The molecule has 2 aromatic rings. The molecule has 0 aliphatic heterocycles. The summed E-state index contributed by atoms with van der Waals surface area (Å²) in [5.74, 6) is 0. The summed E-state index contributed by atoms with van der Waals surface area (Å²) in [6, 6.07) is 2.56. The lowest BCUT2D eigenvalue weighted by Crippen LogP contribution is -2.24. The highest BCUT2D eigenvalue weighted by Gasteiger charge is 2.23. The van der Waals surface area contributed by atoms with Crippen molar-refractivity contribution < 1.29 is 0 Å². The second-order valence-electron chi connectivity index (χ2n) is 4.69. The Bertz CT molecular complexity index is 546. The molecule has 5 heteroatoms. The second-order valence-corrected chi connectivity index (χ2v) is 6.54. The highest BCUT2D eigenvalue weighted by atomic mass is 79.9. The molecule has 1 N–H and O–H groups in total. The number of aromatic nitrogens is 2. The first-order valence-corrected chi connectivity index (χ1v) is 7.89. The van der Waals surface area contributed by atoms with Crippen molar-refractivity contribution in [3.63, 3.8) is 0 Å². The number of thiophene rings is 1. The molecule has 18 heavy (non-hydrogen) atoms. The van der Waals surface area contributed by atoms with E-state index in [9.17, 15) is 0 Å². The molecule has 0 saturated heterocycles. The molecule has 0 bridgehead atoms. The van der Waals surface area contributed by atoms with E-state index in [1.807, 2.05) is 17.9 Å². The molecule has 2 heterocycles. The zero-order valence-electron chi connectivity index (χ0n) is 10.3. The standard InChI is InChI=1S/C13H16BrN3S/c1-17-12-4-2-3-11(9(12)7-16-17)15-8-13-10(14)5-6-18-13/h5-7,11,15H,2-4,8H2,1H3. The summed E-state index contributed by atoms with van der Waals surface area (Å²) in [4.78, 5) is 1.37. The van der Waals surface area contributed by atoms with E-state index >= 15 is 0 Å². The molecule has 1 atom stereocenters. The van der Waals surface area contributed by atoms with Gasteiger partial charge >= 0.3 is 0 Å². The molecule has 0 saturated carbocycles. The van der Waals surface area contributed by atoms with Gasteiger partial charge in [-0.2, -0.15) is 5.10 Å². The van der Waals surface area contributed by atoms with Crippen molar-refractivity contribution in [3.05, 3.63) is 38.3 Å². The fourth-order valence-electron chi connectivity index (χ4n) is 2.59. The van der Waals surface area contributed by atoms with Gasteiger partial charge in [0.2, 0.25) is 0 Å². The smallest absolute Gasteiger partial charge is 0.0540 e. The van der Waals surface area contributed by atoms with Crippen LogP contribution in [0.25, 0.3) is 0 Å². The number of hydrogen-bond donors (Lipinski definition) is 1. The molecule has 0 spiro atoms. The Labute approximate surface area is 119 Å². The van der Waals surface area contributed by atoms with Crippen LogP contribution in [0.4, 0.5) is 0 Å². The highest BCUT2D eigenvalue weighted by molar-refractivity contribution is 9.10. The van der Waals surface area contributed by atoms with E-state index in [2.05, 4.69) is 37.8 Å². The second kappa shape index (κ2) is 5.15. The normalized spacial score (nSPS) is 18.9. The van der Waals surface area contributed by atoms with Crippen LogP contribution < -0.4 is 5.32 Å². The lowest BCUT2D eigenvalue weighted by atomic mass is 9.93. The minimum Gasteiger partial charge on any atom is -0.305 e. The Hall–Kier alpha value is -0.650. The van der Waals surface area contributed by atoms with Crippen molar-refractivity contribution in [1.29, 1.82) is 0 Å². The molecular weight excluding hydrogens is 310 g/mol. The maximum absolute atomic E-state index is 4.38. The number of aryl methyl sites for hydroxylation is 1. The quantitative estimate of drug-likeness (QED) is 0.937. The van der Waals surface area contributed by atoms with Gasteiger partial charge < -0.3 is 5.32 Å². The third kappa shape index (κ3) is 2.27. The van der Waals surface area contributed by atoms with Crippen molar-refractivity contribution in [3.8, 4) is 0 Å². The summed E-state index contributed by atoms with van der Waals surface area (Å²) in [6.45, 7) is 0.928. The fourth-order valence-corrected chi connectivity index (χ4v) is 4.03. The zero-order valence-corrected chi connectivity index (χ0v) is 12.7. The van der Waals surface area contributed by atoms with Crippen LogP contribution in [0.1, 0.15) is 35.0 Å². The molecule has 3 rings (SSSR count). The van der Waals surface area contributed by atoms with Crippen LogP contribution in [-0.2, 0) is 20.0 Å². The Morgan fingerprint density at radius 3 is 3.28 bits per heavy atom. The highest BCUT2D eigenvalue weighted by Crippen LogP contribution is 2.30. The molecular formula is C13H16BrN3S. The van der Waals surface area contributed by atoms with Gasteiger partial charge in [0.15, 0.2) is 0 Å². The van der Waals surface area contributed by atoms with Gasteiger partial charge in [0.05, 0.1) is 6.20 Å². The van der Waals surface area contributed by atoms with E-state index in [-0.39, 0.29) is 0 Å². The van der Waals surface area contributed by atoms with Crippen molar-refractivity contribution in [2.45, 2.75) is 31.8 Å². The van der Waals surface area contributed by atoms with Crippen LogP contribution in [0.3, 0.4) is 0 Å². The molecule has 96 valence electrons. The van der Waals surface area contributed by atoms with E-state index in [1.165, 1.54) is 33.4 Å². The predicted octanol–water partition coefficient (Wildman–Crippen LogP) is 3.41. The van der Waals surface area contributed by atoms with Gasteiger partial charge in [0.1, 0.15) is 0 Å². The lowest BCUT2D eigenvalue weighted by Gasteiger charge is -2.23. The Morgan fingerprint density at radius 1 is 1.61 bits per heavy atom. The first-order valence-electron chi connectivity index (χ1n) is 6.21. The van der Waals surface area contributed by atoms with Crippen molar-refractivity contribution in [2.24, 2.45) is 7.05 Å². The van der Waals surface area contributed by atoms with Crippen molar-refractivity contribution >= 4 is 27.3 Å². The summed E-state index contributed by atoms with van der Waals surface area (Å²) < 4.78 is 3.23. The van der Waals surface area contributed by atoms with Crippen LogP contribution in [0, 0.1) is 0 Å². The third-order valence-corrected chi connectivity index (χ3v) is 5.50. The van der Waals surface area contributed by atoms with Gasteiger partial charge in [-0.05, 0) is 46.6 Å². The minimum atomic E-state index is 0.455. The molecule has 3 nitrogen and oxygen atoms in total. The van der Waals surface area contributed by atoms with Gasteiger partial charge in [0, 0.05) is 40.2 Å². The monoisotopic (exact) mass is 325 g/mol. The predicted molar refractivity (Wildman–Crippen MR) is 77.7 cm³/mol. The maximum Gasteiger partial charge on any atom is 0.0540 e. The van der Waals surface area contributed by atoms with Crippen LogP contribution in [-0.4, -0.2) is 9.78 Å². The SMILES string of the molecule is Cn1ncc2c1CCCC2NCc1sccc1Br. The summed E-state index contributed by atoms with van der Waals surface area (Å²) in [5, 5.41) is 10.2. The van der Waals surface area contributed by atoms with E-state index in [0.717, 1.165) is 13.0 Å². The van der Waals surface area contributed by atoms with Crippen LogP contribution in [0.5, 0.6) is 0 Å². The average molecular weight is 326 g/mol. The van der Waals surface area contributed by atoms with Gasteiger partial charge in [-0.15, -0.1) is 11.3 Å². The summed E-state index contributed by atoms with van der Waals surface area (Å²) in [6.07, 6.45) is 5.64. The Morgan fingerprint density at radius 2 is 2.50 bits per heavy atom. The van der Waals surface area contributed by atoms with Crippen LogP contribution in [0.2, 0.25) is 0 Å². The minimum absolute atomic E-state index is 0.455. The number of hydrogen-bond acceptors (Lipinski definition) is 3. The van der Waals surface area contributed by atoms with Gasteiger partial charge in [-0.3, -0.25) is 4.68 Å². The molecule has 0 amide bonds.